The van der Waals surface area contributed by atoms with Crippen molar-refractivity contribution in [1.29, 1.82) is 0 Å². The summed E-state index contributed by atoms with van der Waals surface area (Å²) in [6.45, 7) is 12.4. The Morgan fingerprint density at radius 3 is 2.47 bits per heavy atom. The molecular weight excluding hydrogens is 496 g/mol. The van der Waals surface area contributed by atoms with Gasteiger partial charge in [-0.1, -0.05) is 52.0 Å². The van der Waals surface area contributed by atoms with Crippen LogP contribution in [0.5, 0.6) is 5.75 Å². The van der Waals surface area contributed by atoms with Crippen molar-refractivity contribution in [1.82, 2.24) is 15.1 Å². The van der Waals surface area contributed by atoms with E-state index in [9.17, 15) is 9.59 Å². The monoisotopic (exact) mass is 534 g/mol. The van der Waals surface area contributed by atoms with Gasteiger partial charge < -0.3 is 10.1 Å². The van der Waals surface area contributed by atoms with Gasteiger partial charge in [0.15, 0.2) is 0 Å². The molecule has 38 heavy (non-hydrogen) atoms. The summed E-state index contributed by atoms with van der Waals surface area (Å²) in [6.07, 6.45) is 0.814. The Balaban J connectivity index is 1.99. The summed E-state index contributed by atoms with van der Waals surface area (Å²) in [5, 5.41) is 8.06. The quantitative estimate of drug-likeness (QED) is 0.429. The van der Waals surface area contributed by atoms with E-state index in [1.54, 1.807) is 23.8 Å². The lowest BCUT2D eigenvalue weighted by Crippen LogP contribution is -2.44. The molecule has 4 rings (SSSR count). The maximum absolute atomic E-state index is 13.7. The van der Waals surface area contributed by atoms with E-state index in [4.69, 9.17) is 9.84 Å². The van der Waals surface area contributed by atoms with Crippen LogP contribution in [0.1, 0.15) is 68.7 Å². The largest absolute Gasteiger partial charge is 0.497 e. The number of hydrogen-bond donors (Lipinski definition) is 1. The molecule has 0 spiro atoms. The molecule has 0 fully saturated rings. The van der Waals surface area contributed by atoms with E-state index in [0.717, 1.165) is 40.2 Å². The van der Waals surface area contributed by atoms with Gasteiger partial charge in [-0.05, 0) is 55.7 Å². The summed E-state index contributed by atoms with van der Waals surface area (Å²) in [4.78, 5) is 28.5. The molecule has 2 atom stereocenters. The molecule has 8 heteroatoms. The predicted molar refractivity (Wildman–Crippen MR) is 155 cm³/mol. The maximum Gasteiger partial charge on any atom is 0.240 e. The minimum absolute atomic E-state index is 0.0229. The number of fused-ring (bicyclic) bond motifs is 1. The number of rotatable bonds is 7. The zero-order valence-electron chi connectivity index (χ0n) is 23.4. The van der Waals surface area contributed by atoms with Crippen LogP contribution < -0.4 is 15.0 Å². The molecule has 0 saturated carbocycles. The number of benzene rings is 2. The van der Waals surface area contributed by atoms with Crippen LogP contribution in [0.25, 0.3) is 5.69 Å². The van der Waals surface area contributed by atoms with Gasteiger partial charge in [0.1, 0.15) is 18.1 Å². The zero-order valence-corrected chi connectivity index (χ0v) is 24.2. The first-order chi connectivity index (χ1) is 18.0. The van der Waals surface area contributed by atoms with Crippen LogP contribution in [-0.2, 0) is 15.0 Å². The molecule has 0 radical (unpaired) electrons. The molecule has 2 heterocycles. The average Bonchev–Trinajstić information content (AvgIpc) is 3.23. The highest BCUT2D eigenvalue weighted by Crippen LogP contribution is 2.49. The van der Waals surface area contributed by atoms with Crippen molar-refractivity contribution in [3.05, 3.63) is 70.9 Å². The van der Waals surface area contributed by atoms with E-state index in [1.807, 2.05) is 54.9 Å². The molecule has 1 aromatic heterocycles. The standard InChI is InChI=1S/C30H38N4O3S/c1-8-20(3)31-24(35)17-33-25(36)18-38-27(23-12-10-9-11-19(23)2)26-28(30(4,5)6)32-34(29(26)33)21-13-15-22(37-7)16-14-21/h9-16,20,27H,8,17-18H2,1-7H3,(H,31,35)/t20-,27+/m0/s1. The third kappa shape index (κ3) is 5.60. The number of carbonyl (C=O) groups excluding carboxylic acids is 2. The Morgan fingerprint density at radius 2 is 1.87 bits per heavy atom. The van der Waals surface area contributed by atoms with Crippen LogP contribution in [0.2, 0.25) is 0 Å². The van der Waals surface area contributed by atoms with Gasteiger partial charge in [0.25, 0.3) is 0 Å². The zero-order chi connectivity index (χ0) is 27.6. The lowest BCUT2D eigenvalue weighted by Gasteiger charge is -2.25. The van der Waals surface area contributed by atoms with Crippen molar-refractivity contribution in [2.45, 2.75) is 64.7 Å². The second-order valence-electron chi connectivity index (χ2n) is 10.9. The third-order valence-electron chi connectivity index (χ3n) is 6.91. The summed E-state index contributed by atoms with van der Waals surface area (Å²) in [7, 11) is 1.63. The van der Waals surface area contributed by atoms with Crippen LogP contribution in [0.15, 0.2) is 48.5 Å². The van der Waals surface area contributed by atoms with Gasteiger partial charge in [-0.2, -0.15) is 5.10 Å². The van der Waals surface area contributed by atoms with Crippen molar-refractivity contribution in [3.8, 4) is 11.4 Å². The second kappa shape index (κ2) is 11.2. The van der Waals surface area contributed by atoms with Crippen LogP contribution in [-0.4, -0.2) is 47.0 Å². The van der Waals surface area contributed by atoms with E-state index in [0.29, 0.717) is 5.82 Å². The molecule has 2 amide bonds. The molecular formula is C30H38N4O3S. The number of carbonyl (C=O) groups is 2. The SMILES string of the molecule is CC[C@H](C)NC(=O)CN1C(=O)CS[C@H](c2ccccc2C)c2c(C(C)(C)C)nn(-c3ccc(OC)cc3)c21. The molecule has 1 N–H and O–H groups in total. The summed E-state index contributed by atoms with van der Waals surface area (Å²) in [6, 6.07) is 15.9. The van der Waals surface area contributed by atoms with E-state index in [2.05, 4.69) is 45.1 Å². The minimum Gasteiger partial charge on any atom is -0.497 e. The molecule has 0 bridgehead atoms. The lowest BCUT2D eigenvalue weighted by atomic mass is 9.86. The normalized spacial score (nSPS) is 16.6. The Labute approximate surface area is 229 Å². The van der Waals surface area contributed by atoms with Crippen molar-refractivity contribution in [2.24, 2.45) is 0 Å². The van der Waals surface area contributed by atoms with Crippen LogP contribution in [0.3, 0.4) is 0 Å². The first kappa shape index (κ1) is 27.8. The lowest BCUT2D eigenvalue weighted by molar-refractivity contribution is -0.123. The van der Waals surface area contributed by atoms with Crippen molar-refractivity contribution in [3.63, 3.8) is 0 Å². The molecule has 7 nitrogen and oxygen atoms in total. The fraction of sp³-hybridized carbons (Fsp3) is 0.433. The smallest absolute Gasteiger partial charge is 0.240 e. The number of amides is 2. The summed E-state index contributed by atoms with van der Waals surface area (Å²) in [5.74, 6) is 1.36. The highest BCUT2D eigenvalue weighted by molar-refractivity contribution is 8.00. The van der Waals surface area contributed by atoms with E-state index in [1.165, 1.54) is 0 Å². The highest BCUT2D eigenvalue weighted by atomic mass is 32.2. The van der Waals surface area contributed by atoms with E-state index in [-0.39, 0.29) is 40.8 Å². The van der Waals surface area contributed by atoms with Crippen LogP contribution in [0, 0.1) is 6.92 Å². The highest BCUT2D eigenvalue weighted by Gasteiger charge is 2.40. The number of nitrogens with one attached hydrogen (secondary N) is 1. The Morgan fingerprint density at radius 1 is 1.18 bits per heavy atom. The van der Waals surface area contributed by atoms with Crippen molar-refractivity contribution >= 4 is 29.4 Å². The predicted octanol–water partition coefficient (Wildman–Crippen LogP) is 5.57. The van der Waals surface area contributed by atoms with Gasteiger partial charge in [-0.15, -0.1) is 11.8 Å². The first-order valence-corrected chi connectivity index (χ1v) is 14.1. The number of anilines is 1. The fourth-order valence-corrected chi connectivity index (χ4v) is 5.96. The molecule has 0 unspecified atom stereocenters. The molecule has 0 aliphatic carbocycles. The number of thioether (sulfide) groups is 1. The van der Waals surface area contributed by atoms with Crippen LogP contribution in [0.4, 0.5) is 5.82 Å². The van der Waals surface area contributed by atoms with Gasteiger partial charge in [0, 0.05) is 17.0 Å². The summed E-state index contributed by atoms with van der Waals surface area (Å²) in [5.41, 5.74) is 4.69. The number of hydrogen-bond acceptors (Lipinski definition) is 5. The average molecular weight is 535 g/mol. The molecule has 202 valence electrons. The minimum atomic E-state index is -0.304. The van der Waals surface area contributed by atoms with Gasteiger partial charge >= 0.3 is 0 Å². The summed E-state index contributed by atoms with van der Waals surface area (Å²) >= 11 is 1.60. The van der Waals surface area contributed by atoms with Gasteiger partial charge in [-0.3, -0.25) is 14.5 Å². The molecule has 3 aromatic rings. The summed E-state index contributed by atoms with van der Waals surface area (Å²) < 4.78 is 7.21. The van der Waals surface area contributed by atoms with E-state index < -0.39 is 0 Å². The van der Waals surface area contributed by atoms with Crippen molar-refractivity contribution < 1.29 is 14.3 Å². The number of methoxy groups -OCH3 is 1. The van der Waals surface area contributed by atoms with Gasteiger partial charge in [0.2, 0.25) is 11.8 Å². The molecule has 1 aliphatic rings. The molecule has 2 aromatic carbocycles. The number of ether oxygens (including phenoxy) is 1. The first-order valence-electron chi connectivity index (χ1n) is 13.1. The fourth-order valence-electron chi connectivity index (χ4n) is 4.67. The molecule has 0 saturated heterocycles. The topological polar surface area (TPSA) is 76.5 Å². The van der Waals surface area contributed by atoms with Crippen LogP contribution >= 0.6 is 11.8 Å². The van der Waals surface area contributed by atoms with Gasteiger partial charge in [-0.25, -0.2) is 4.68 Å². The third-order valence-corrected chi connectivity index (χ3v) is 8.15. The number of aromatic nitrogens is 2. The second-order valence-corrected chi connectivity index (χ2v) is 11.9. The Bertz CT molecular complexity index is 1310. The Kier molecular flexibility index (Phi) is 8.21. The maximum atomic E-state index is 13.7. The Hall–Kier alpha value is -3.26. The van der Waals surface area contributed by atoms with Crippen molar-refractivity contribution in [2.75, 3.05) is 24.3 Å². The van der Waals surface area contributed by atoms with E-state index >= 15 is 0 Å². The van der Waals surface area contributed by atoms with Gasteiger partial charge in [0.05, 0.1) is 29.5 Å². The molecule has 1 aliphatic heterocycles. The number of aryl methyl sites for hydroxylation is 1. The number of nitrogens with zero attached hydrogens (tertiary/aromatic N) is 3.